The largest absolute Gasteiger partial charge is 0.453 e. The van der Waals surface area contributed by atoms with E-state index in [-0.39, 0.29) is 11.7 Å². The molecule has 1 saturated heterocycles. The molecule has 7 nitrogen and oxygen atoms in total. The van der Waals surface area contributed by atoms with Gasteiger partial charge in [0.2, 0.25) is 5.78 Å². The number of hydrogen-bond donors (Lipinski definition) is 1. The Labute approximate surface area is 158 Å². The quantitative estimate of drug-likeness (QED) is 0.470. The van der Waals surface area contributed by atoms with Gasteiger partial charge < -0.3 is 10.1 Å². The van der Waals surface area contributed by atoms with E-state index in [4.69, 9.17) is 4.74 Å². The lowest BCUT2D eigenvalue weighted by molar-refractivity contribution is -0.149. The Hall–Kier alpha value is -2.70. The van der Waals surface area contributed by atoms with Gasteiger partial charge in [-0.2, -0.15) is 0 Å². The maximum absolute atomic E-state index is 12.5. The van der Waals surface area contributed by atoms with Gasteiger partial charge in [-0.1, -0.05) is 44.0 Å². The van der Waals surface area contributed by atoms with Gasteiger partial charge in [0.05, 0.1) is 0 Å². The number of carbonyl (C=O) groups is 4. The highest BCUT2D eigenvalue weighted by Gasteiger charge is 2.52. The molecule has 1 N–H and O–H groups in total. The molecular formula is C20H24N2O5. The molecule has 3 rings (SSSR count). The third-order valence-corrected chi connectivity index (χ3v) is 5.31. The average molecular weight is 372 g/mol. The molecule has 1 atom stereocenters. The monoisotopic (exact) mass is 372 g/mol. The van der Waals surface area contributed by atoms with Crippen molar-refractivity contribution in [2.24, 2.45) is 0 Å². The highest BCUT2D eigenvalue weighted by atomic mass is 16.5. The molecule has 1 aromatic carbocycles. The number of carbonyl (C=O) groups excluding carboxylic acids is 4. The lowest BCUT2D eigenvalue weighted by Gasteiger charge is -2.20. The highest BCUT2D eigenvalue weighted by Crippen LogP contribution is 2.34. The normalized spacial score (nSPS) is 19.3. The summed E-state index contributed by atoms with van der Waals surface area (Å²) in [6, 6.07) is 6.54. The van der Waals surface area contributed by atoms with Crippen LogP contribution in [0.4, 0.5) is 4.79 Å². The number of ketones is 1. The topological polar surface area (TPSA) is 92.8 Å². The minimum atomic E-state index is -0.994. The zero-order valence-electron chi connectivity index (χ0n) is 15.6. The molecular weight excluding hydrogens is 348 g/mol. The predicted octanol–water partition coefficient (Wildman–Crippen LogP) is 2.23. The van der Waals surface area contributed by atoms with Gasteiger partial charge in [-0.25, -0.2) is 4.79 Å². The molecule has 0 unspecified atom stereocenters. The van der Waals surface area contributed by atoms with E-state index in [2.05, 4.69) is 5.32 Å². The molecule has 1 heterocycles. The molecule has 3 amide bonds. The van der Waals surface area contributed by atoms with E-state index in [9.17, 15) is 19.2 Å². The van der Waals surface area contributed by atoms with E-state index in [1.807, 2.05) is 19.1 Å². The Morgan fingerprint density at radius 1 is 1.19 bits per heavy atom. The van der Waals surface area contributed by atoms with Crippen LogP contribution >= 0.6 is 0 Å². The lowest BCUT2D eigenvalue weighted by atomic mass is 9.98. The Kier molecular flexibility index (Phi) is 5.30. The van der Waals surface area contributed by atoms with E-state index >= 15 is 0 Å². The van der Waals surface area contributed by atoms with Crippen LogP contribution in [-0.2, 0) is 20.7 Å². The second-order valence-electron chi connectivity index (χ2n) is 7.16. The number of esters is 1. The third-order valence-electron chi connectivity index (χ3n) is 5.31. The second kappa shape index (κ2) is 7.50. The third kappa shape index (κ3) is 3.72. The summed E-state index contributed by atoms with van der Waals surface area (Å²) < 4.78 is 5.17. The van der Waals surface area contributed by atoms with Crippen LogP contribution < -0.4 is 5.32 Å². The van der Waals surface area contributed by atoms with Gasteiger partial charge >= 0.3 is 12.0 Å². The van der Waals surface area contributed by atoms with Gasteiger partial charge in [0.25, 0.3) is 5.91 Å². The minimum Gasteiger partial charge on any atom is -0.453 e. The van der Waals surface area contributed by atoms with Gasteiger partial charge in [-0.3, -0.25) is 19.3 Å². The molecule has 0 aromatic heterocycles. The molecule has 2 aliphatic rings. The van der Waals surface area contributed by atoms with Gasteiger partial charge in [0.1, 0.15) is 12.1 Å². The van der Waals surface area contributed by atoms with Crippen molar-refractivity contribution in [1.82, 2.24) is 10.2 Å². The Bertz CT molecular complexity index is 765. The van der Waals surface area contributed by atoms with Crippen LogP contribution in [0.2, 0.25) is 0 Å². The van der Waals surface area contributed by atoms with E-state index in [1.165, 1.54) is 6.92 Å². The van der Waals surface area contributed by atoms with Crippen LogP contribution in [0.25, 0.3) is 0 Å². The molecule has 0 radical (unpaired) electrons. The van der Waals surface area contributed by atoms with Gasteiger partial charge in [0, 0.05) is 5.56 Å². The number of urea groups is 1. The van der Waals surface area contributed by atoms with E-state index < -0.39 is 30.2 Å². The van der Waals surface area contributed by atoms with Crippen LogP contribution in [0.5, 0.6) is 0 Å². The lowest BCUT2D eigenvalue weighted by Crippen LogP contribution is -2.44. The van der Waals surface area contributed by atoms with E-state index in [1.54, 1.807) is 12.1 Å². The molecule has 1 aliphatic carbocycles. The summed E-state index contributed by atoms with van der Waals surface area (Å²) in [7, 11) is 0. The average Bonchev–Trinajstić information content (AvgIpc) is 3.22. The van der Waals surface area contributed by atoms with Gasteiger partial charge in [-0.05, 0) is 31.7 Å². The Morgan fingerprint density at radius 2 is 1.81 bits per heavy atom. The smallest absolute Gasteiger partial charge is 0.326 e. The number of nitrogens with one attached hydrogen (secondary N) is 1. The van der Waals surface area contributed by atoms with Crippen molar-refractivity contribution in [3.05, 3.63) is 35.4 Å². The molecule has 27 heavy (non-hydrogen) atoms. The number of nitrogens with zero attached hydrogens (tertiary/aromatic N) is 1. The number of rotatable bonds is 6. The fourth-order valence-electron chi connectivity index (χ4n) is 3.69. The SMILES string of the molecule is CCc1ccc(C(=O)[C@H](C)OC(=O)CN2C(=O)NC3(CCCC3)C2=O)cc1. The van der Waals surface area contributed by atoms with Gasteiger partial charge in [-0.15, -0.1) is 0 Å². The van der Waals surface area contributed by atoms with Gasteiger partial charge in [0.15, 0.2) is 6.10 Å². The van der Waals surface area contributed by atoms with Crippen molar-refractivity contribution < 1.29 is 23.9 Å². The van der Waals surface area contributed by atoms with Crippen LogP contribution in [0.1, 0.15) is 55.5 Å². The first-order valence-electron chi connectivity index (χ1n) is 9.33. The summed E-state index contributed by atoms with van der Waals surface area (Å²) in [6.07, 6.45) is 2.79. The molecule has 1 aliphatic heterocycles. The zero-order chi connectivity index (χ0) is 19.6. The number of aryl methyl sites for hydroxylation is 1. The standard InChI is InChI=1S/C20H24N2O5/c1-3-14-6-8-15(9-7-14)17(24)13(2)27-16(23)12-22-18(25)20(21-19(22)26)10-4-5-11-20/h6-9,13H,3-5,10-12H2,1-2H3,(H,21,26)/t13-/m0/s1. The fraction of sp³-hybridized carbons (Fsp3) is 0.500. The Morgan fingerprint density at radius 3 is 2.41 bits per heavy atom. The Balaban J connectivity index is 1.59. The zero-order valence-corrected chi connectivity index (χ0v) is 15.6. The summed E-state index contributed by atoms with van der Waals surface area (Å²) >= 11 is 0. The van der Waals surface area contributed by atoms with Crippen LogP contribution in [0.15, 0.2) is 24.3 Å². The van der Waals surface area contributed by atoms with Crippen molar-refractivity contribution in [1.29, 1.82) is 0 Å². The summed E-state index contributed by atoms with van der Waals surface area (Å²) in [4.78, 5) is 50.1. The second-order valence-corrected chi connectivity index (χ2v) is 7.16. The van der Waals surface area contributed by atoms with Crippen molar-refractivity contribution in [3.8, 4) is 0 Å². The van der Waals surface area contributed by atoms with Crippen molar-refractivity contribution in [3.63, 3.8) is 0 Å². The van der Waals surface area contributed by atoms with Crippen LogP contribution in [-0.4, -0.2) is 46.8 Å². The first kappa shape index (κ1) is 19.1. The maximum atomic E-state index is 12.5. The molecule has 0 bridgehead atoms. The number of ether oxygens (including phenoxy) is 1. The molecule has 7 heteroatoms. The van der Waals surface area contributed by atoms with Crippen LogP contribution in [0, 0.1) is 0 Å². The van der Waals surface area contributed by atoms with Crippen molar-refractivity contribution >= 4 is 23.7 Å². The number of hydrogen-bond acceptors (Lipinski definition) is 5. The van der Waals surface area contributed by atoms with E-state index in [0.717, 1.165) is 29.7 Å². The van der Waals surface area contributed by atoms with E-state index in [0.29, 0.717) is 18.4 Å². The molecule has 2 fully saturated rings. The highest BCUT2D eigenvalue weighted by molar-refractivity contribution is 6.09. The summed E-state index contributed by atoms with van der Waals surface area (Å²) in [5, 5.41) is 2.71. The number of imide groups is 1. The summed E-state index contributed by atoms with van der Waals surface area (Å²) in [6.45, 7) is 3.02. The van der Waals surface area contributed by atoms with Crippen LogP contribution in [0.3, 0.4) is 0 Å². The number of Topliss-reactive ketones (excluding diaryl/α,β-unsaturated/α-hetero) is 1. The molecule has 1 saturated carbocycles. The molecule has 1 spiro atoms. The van der Waals surface area contributed by atoms with Crippen molar-refractivity contribution in [2.45, 2.75) is 57.6 Å². The molecule has 1 aromatic rings. The maximum Gasteiger partial charge on any atom is 0.326 e. The first-order chi connectivity index (χ1) is 12.9. The first-order valence-corrected chi connectivity index (χ1v) is 9.33. The minimum absolute atomic E-state index is 0.324. The number of benzene rings is 1. The number of amides is 3. The summed E-state index contributed by atoms with van der Waals surface area (Å²) in [5.74, 6) is -1.48. The molecule has 144 valence electrons. The van der Waals surface area contributed by atoms with Crippen molar-refractivity contribution in [2.75, 3.05) is 6.54 Å². The predicted molar refractivity (Wildman–Crippen MR) is 97.1 cm³/mol. The fourth-order valence-corrected chi connectivity index (χ4v) is 3.69. The summed E-state index contributed by atoms with van der Waals surface area (Å²) in [5.41, 5.74) is 0.697.